The standard InChI is InChI=1S/C15H14ClN3O3S/c1-23(21,22)18-12-7-13(9-17-8-12)19-5-4-10-6-11(16)2-3-14(10)15(19)20/h2-3,6-9,18H,4-5H2,1H3. The molecule has 2 aromatic rings. The van der Waals surface area contributed by atoms with Gasteiger partial charge in [0.2, 0.25) is 10.0 Å². The maximum Gasteiger partial charge on any atom is 0.258 e. The number of carbonyl (C=O) groups excluding carboxylic acids is 1. The number of nitrogens with zero attached hydrogens (tertiary/aromatic N) is 2. The number of rotatable bonds is 3. The third-order valence-electron chi connectivity index (χ3n) is 3.49. The van der Waals surface area contributed by atoms with Gasteiger partial charge >= 0.3 is 0 Å². The third-order valence-corrected chi connectivity index (χ3v) is 4.33. The largest absolute Gasteiger partial charge is 0.306 e. The van der Waals surface area contributed by atoms with Crippen molar-refractivity contribution >= 4 is 38.9 Å². The van der Waals surface area contributed by atoms with Crippen molar-refractivity contribution in [3.8, 4) is 0 Å². The van der Waals surface area contributed by atoms with Crippen LogP contribution in [0, 0.1) is 0 Å². The molecule has 1 N–H and O–H groups in total. The first-order valence-electron chi connectivity index (χ1n) is 6.86. The molecule has 0 spiro atoms. The van der Waals surface area contributed by atoms with Gasteiger partial charge in [0, 0.05) is 17.1 Å². The van der Waals surface area contributed by atoms with Crippen LogP contribution < -0.4 is 9.62 Å². The number of nitrogens with one attached hydrogen (secondary N) is 1. The average molecular weight is 352 g/mol. The van der Waals surface area contributed by atoms with Crippen LogP contribution in [0.15, 0.2) is 36.7 Å². The van der Waals surface area contributed by atoms with Gasteiger partial charge in [0.1, 0.15) is 0 Å². The van der Waals surface area contributed by atoms with Crippen molar-refractivity contribution in [2.75, 3.05) is 22.4 Å². The fraction of sp³-hybridized carbons (Fsp3) is 0.200. The van der Waals surface area contributed by atoms with E-state index in [0.29, 0.717) is 34.9 Å². The number of halogens is 1. The predicted molar refractivity (Wildman–Crippen MR) is 89.5 cm³/mol. The quantitative estimate of drug-likeness (QED) is 0.920. The van der Waals surface area contributed by atoms with Crippen LogP contribution in [-0.2, 0) is 16.4 Å². The highest BCUT2D eigenvalue weighted by Crippen LogP contribution is 2.27. The minimum Gasteiger partial charge on any atom is -0.306 e. The van der Waals surface area contributed by atoms with E-state index in [1.165, 1.54) is 12.4 Å². The molecule has 0 unspecified atom stereocenters. The molecule has 120 valence electrons. The normalized spacial score (nSPS) is 14.5. The molecule has 1 amide bonds. The molecule has 0 radical (unpaired) electrons. The van der Waals surface area contributed by atoms with E-state index in [-0.39, 0.29) is 5.91 Å². The molecule has 1 aromatic carbocycles. The molecule has 6 nitrogen and oxygen atoms in total. The molecule has 1 aliphatic rings. The fourth-order valence-corrected chi connectivity index (χ4v) is 3.28. The molecule has 0 saturated carbocycles. The predicted octanol–water partition coefficient (Wildman–Crippen LogP) is 2.31. The Kier molecular flexibility index (Phi) is 3.99. The van der Waals surface area contributed by atoms with Gasteiger partial charge in [-0.3, -0.25) is 14.5 Å². The lowest BCUT2D eigenvalue weighted by molar-refractivity contribution is 0.0980. The van der Waals surface area contributed by atoms with Gasteiger partial charge in [-0.15, -0.1) is 0 Å². The summed E-state index contributed by atoms with van der Waals surface area (Å²) in [7, 11) is -3.40. The molecule has 23 heavy (non-hydrogen) atoms. The fourth-order valence-electron chi connectivity index (χ4n) is 2.55. The van der Waals surface area contributed by atoms with Crippen LogP contribution >= 0.6 is 11.6 Å². The zero-order valence-corrected chi connectivity index (χ0v) is 13.9. The van der Waals surface area contributed by atoms with Crippen LogP contribution in [0.25, 0.3) is 0 Å². The van der Waals surface area contributed by atoms with Crippen molar-refractivity contribution in [3.05, 3.63) is 52.8 Å². The molecule has 1 aliphatic heterocycles. The second kappa shape index (κ2) is 5.82. The molecule has 8 heteroatoms. The molecule has 0 bridgehead atoms. The molecule has 2 heterocycles. The van der Waals surface area contributed by atoms with Crippen LogP contribution in [0.5, 0.6) is 0 Å². The Morgan fingerprint density at radius 1 is 1.26 bits per heavy atom. The van der Waals surface area contributed by atoms with E-state index in [4.69, 9.17) is 11.6 Å². The van der Waals surface area contributed by atoms with Crippen molar-refractivity contribution < 1.29 is 13.2 Å². The zero-order valence-electron chi connectivity index (χ0n) is 12.3. The first kappa shape index (κ1) is 15.8. The summed E-state index contributed by atoms with van der Waals surface area (Å²) in [6.07, 6.45) is 4.66. The number of carbonyl (C=O) groups is 1. The summed E-state index contributed by atoms with van der Waals surface area (Å²) in [6.45, 7) is 0.482. The number of anilines is 2. The van der Waals surface area contributed by atoms with Crippen molar-refractivity contribution in [1.82, 2.24) is 4.98 Å². The summed E-state index contributed by atoms with van der Waals surface area (Å²) < 4.78 is 25.0. The Morgan fingerprint density at radius 2 is 2.04 bits per heavy atom. The van der Waals surface area contributed by atoms with Crippen molar-refractivity contribution in [2.24, 2.45) is 0 Å². The van der Waals surface area contributed by atoms with E-state index in [9.17, 15) is 13.2 Å². The molecular weight excluding hydrogens is 338 g/mol. The van der Waals surface area contributed by atoms with Crippen LogP contribution in [-0.4, -0.2) is 32.1 Å². The molecule has 1 aromatic heterocycles. The number of hydrogen-bond acceptors (Lipinski definition) is 4. The summed E-state index contributed by atoms with van der Waals surface area (Å²) in [5, 5.41) is 0.603. The number of benzene rings is 1. The highest BCUT2D eigenvalue weighted by Gasteiger charge is 2.26. The number of fused-ring (bicyclic) bond motifs is 1. The topological polar surface area (TPSA) is 79.4 Å². The van der Waals surface area contributed by atoms with Crippen LogP contribution in [0.2, 0.25) is 5.02 Å². The van der Waals surface area contributed by atoms with E-state index in [0.717, 1.165) is 11.8 Å². The Morgan fingerprint density at radius 3 is 2.78 bits per heavy atom. The second-order valence-electron chi connectivity index (χ2n) is 5.31. The SMILES string of the molecule is CS(=O)(=O)Nc1cncc(N2CCc3cc(Cl)ccc3C2=O)c1. The average Bonchev–Trinajstić information content (AvgIpc) is 2.46. The maximum atomic E-state index is 12.6. The smallest absolute Gasteiger partial charge is 0.258 e. The first-order chi connectivity index (χ1) is 10.8. The summed E-state index contributed by atoms with van der Waals surface area (Å²) in [6, 6.07) is 6.78. The number of amides is 1. The molecule has 0 fully saturated rings. The van der Waals surface area contributed by atoms with Gasteiger partial charge in [0.05, 0.1) is 30.0 Å². The molecule has 0 atom stereocenters. The Hall–Kier alpha value is -2.12. The van der Waals surface area contributed by atoms with E-state index >= 15 is 0 Å². The Labute approximate surface area is 139 Å². The van der Waals surface area contributed by atoms with Crippen LogP contribution in [0.3, 0.4) is 0 Å². The lowest BCUT2D eigenvalue weighted by atomic mass is 9.99. The van der Waals surface area contributed by atoms with Gasteiger partial charge < -0.3 is 4.90 Å². The minimum absolute atomic E-state index is 0.152. The van der Waals surface area contributed by atoms with Gasteiger partial charge in [-0.25, -0.2) is 8.42 Å². The van der Waals surface area contributed by atoms with Gasteiger partial charge in [-0.2, -0.15) is 0 Å². The highest BCUT2D eigenvalue weighted by atomic mass is 35.5. The van der Waals surface area contributed by atoms with Crippen molar-refractivity contribution in [2.45, 2.75) is 6.42 Å². The number of aromatic nitrogens is 1. The van der Waals surface area contributed by atoms with E-state index in [1.807, 2.05) is 0 Å². The lowest BCUT2D eigenvalue weighted by Gasteiger charge is -2.28. The van der Waals surface area contributed by atoms with Crippen LogP contribution in [0.1, 0.15) is 15.9 Å². The van der Waals surface area contributed by atoms with Gasteiger partial charge in [0.15, 0.2) is 0 Å². The molecular formula is C15H14ClN3O3S. The van der Waals surface area contributed by atoms with Crippen molar-refractivity contribution in [3.63, 3.8) is 0 Å². The molecule has 0 saturated heterocycles. The van der Waals surface area contributed by atoms with Gasteiger partial charge in [-0.1, -0.05) is 11.6 Å². The van der Waals surface area contributed by atoms with Gasteiger partial charge in [-0.05, 0) is 36.2 Å². The third kappa shape index (κ3) is 3.46. The minimum atomic E-state index is -3.40. The second-order valence-corrected chi connectivity index (χ2v) is 7.50. The lowest BCUT2D eigenvalue weighted by Crippen LogP contribution is -2.37. The van der Waals surface area contributed by atoms with E-state index < -0.39 is 10.0 Å². The number of pyridine rings is 1. The van der Waals surface area contributed by atoms with Crippen molar-refractivity contribution in [1.29, 1.82) is 0 Å². The van der Waals surface area contributed by atoms with Gasteiger partial charge in [0.25, 0.3) is 5.91 Å². The number of sulfonamides is 1. The number of hydrogen-bond donors (Lipinski definition) is 1. The first-order valence-corrected chi connectivity index (χ1v) is 9.13. The van der Waals surface area contributed by atoms with E-state index in [1.54, 1.807) is 29.2 Å². The van der Waals surface area contributed by atoms with Crippen LogP contribution in [0.4, 0.5) is 11.4 Å². The summed E-state index contributed by atoms with van der Waals surface area (Å²) in [5.41, 5.74) is 2.38. The summed E-state index contributed by atoms with van der Waals surface area (Å²) in [5.74, 6) is -0.152. The molecule has 0 aliphatic carbocycles. The van der Waals surface area contributed by atoms with E-state index in [2.05, 4.69) is 9.71 Å². The summed E-state index contributed by atoms with van der Waals surface area (Å²) >= 11 is 5.96. The Bertz CT molecular complexity index is 883. The highest BCUT2D eigenvalue weighted by molar-refractivity contribution is 7.92. The molecule has 3 rings (SSSR count). The zero-order chi connectivity index (χ0) is 16.6. The Balaban J connectivity index is 1.93. The maximum absolute atomic E-state index is 12.6. The summed E-state index contributed by atoms with van der Waals surface area (Å²) in [4.78, 5) is 18.2. The monoisotopic (exact) mass is 351 g/mol.